The van der Waals surface area contributed by atoms with Gasteiger partial charge in [-0.25, -0.2) is 0 Å². The van der Waals surface area contributed by atoms with E-state index in [2.05, 4.69) is 68.9 Å². The van der Waals surface area contributed by atoms with Crippen molar-refractivity contribution in [2.75, 3.05) is 25.5 Å². The molecule has 4 heteroatoms. The molecule has 18 heavy (non-hydrogen) atoms. The van der Waals surface area contributed by atoms with Gasteiger partial charge in [-0.3, -0.25) is 0 Å². The van der Waals surface area contributed by atoms with Gasteiger partial charge in [0.2, 0.25) is 0 Å². The van der Waals surface area contributed by atoms with E-state index in [0.29, 0.717) is 0 Å². The quantitative estimate of drug-likeness (QED) is 0.862. The fourth-order valence-corrected chi connectivity index (χ4v) is 2.97. The largest absolute Gasteiger partial charge is 0.384 e. The molecule has 1 heterocycles. The van der Waals surface area contributed by atoms with Gasteiger partial charge in [0.25, 0.3) is 0 Å². The van der Waals surface area contributed by atoms with E-state index in [1.165, 1.54) is 15.0 Å². The summed E-state index contributed by atoms with van der Waals surface area (Å²) in [4.78, 5) is 2.32. The second-order valence-electron chi connectivity index (χ2n) is 4.29. The van der Waals surface area contributed by atoms with Crippen molar-refractivity contribution in [3.8, 4) is 0 Å². The molecule has 0 aliphatic carbocycles. The van der Waals surface area contributed by atoms with E-state index in [9.17, 15) is 0 Å². The van der Waals surface area contributed by atoms with E-state index in [4.69, 9.17) is 0 Å². The number of anilines is 1. The van der Waals surface area contributed by atoms with Crippen LogP contribution in [0.4, 0.5) is 5.69 Å². The Hall–Kier alpha value is -0.840. The Morgan fingerprint density at radius 2 is 2.06 bits per heavy atom. The fourth-order valence-electron chi connectivity index (χ4n) is 1.77. The number of halogens is 1. The van der Waals surface area contributed by atoms with Gasteiger partial charge in [0, 0.05) is 25.3 Å². The molecule has 0 unspecified atom stereocenters. The summed E-state index contributed by atoms with van der Waals surface area (Å²) in [6.45, 7) is 2.99. The summed E-state index contributed by atoms with van der Waals surface area (Å²) in [5.41, 5.74) is 2.55. The third kappa shape index (κ3) is 4.44. The lowest BCUT2D eigenvalue weighted by atomic mass is 10.3. The van der Waals surface area contributed by atoms with Crippen LogP contribution < -0.4 is 5.32 Å². The predicted octanol–water partition coefficient (Wildman–Crippen LogP) is 4.05. The van der Waals surface area contributed by atoms with Gasteiger partial charge < -0.3 is 10.2 Å². The summed E-state index contributed by atoms with van der Waals surface area (Å²) < 4.78 is 1.20. The lowest BCUT2D eigenvalue weighted by Gasteiger charge is -2.16. The van der Waals surface area contributed by atoms with Crippen LogP contribution in [0.5, 0.6) is 0 Å². The third-order valence-electron chi connectivity index (χ3n) is 2.67. The van der Waals surface area contributed by atoms with Crippen molar-refractivity contribution in [1.82, 2.24) is 4.90 Å². The van der Waals surface area contributed by atoms with Crippen LogP contribution in [0.25, 0.3) is 0 Å². The fraction of sp³-hybridized carbons (Fsp3) is 0.286. The number of likely N-dealkylation sites (N-methyl/N-ethyl adjacent to an activating group) is 1. The zero-order valence-corrected chi connectivity index (χ0v) is 12.8. The van der Waals surface area contributed by atoms with Crippen molar-refractivity contribution in [2.24, 2.45) is 0 Å². The highest BCUT2D eigenvalue weighted by molar-refractivity contribution is 9.11. The number of thiophene rings is 1. The van der Waals surface area contributed by atoms with Gasteiger partial charge in [-0.2, -0.15) is 0 Å². The van der Waals surface area contributed by atoms with Gasteiger partial charge in [0.15, 0.2) is 0 Å². The highest BCUT2D eigenvalue weighted by atomic mass is 79.9. The van der Waals surface area contributed by atoms with Crippen LogP contribution >= 0.6 is 27.3 Å². The molecule has 0 aliphatic heterocycles. The minimum Gasteiger partial charge on any atom is -0.384 e. The number of nitrogens with one attached hydrogen (secondary N) is 1. The van der Waals surface area contributed by atoms with Gasteiger partial charge >= 0.3 is 0 Å². The number of rotatable bonds is 6. The molecule has 2 nitrogen and oxygen atoms in total. The van der Waals surface area contributed by atoms with Gasteiger partial charge in [-0.15, -0.1) is 11.3 Å². The maximum atomic E-state index is 3.49. The number of benzene rings is 1. The molecule has 0 radical (unpaired) electrons. The van der Waals surface area contributed by atoms with Crippen LogP contribution in [0.2, 0.25) is 0 Å². The van der Waals surface area contributed by atoms with Crippen molar-refractivity contribution in [3.05, 3.63) is 51.1 Å². The maximum Gasteiger partial charge on any atom is 0.0701 e. The highest BCUT2D eigenvalue weighted by Crippen LogP contribution is 2.21. The monoisotopic (exact) mass is 324 g/mol. The zero-order chi connectivity index (χ0) is 12.8. The Bertz CT molecular complexity index is 470. The summed E-state index contributed by atoms with van der Waals surface area (Å²) in [5, 5.41) is 5.62. The smallest absolute Gasteiger partial charge is 0.0701 e. The van der Waals surface area contributed by atoms with Gasteiger partial charge in [-0.05, 0) is 52.1 Å². The molecule has 1 N–H and O–H groups in total. The number of hydrogen-bond acceptors (Lipinski definition) is 3. The number of para-hydroxylation sites is 1. The van der Waals surface area contributed by atoms with E-state index in [0.717, 1.165) is 19.6 Å². The zero-order valence-electron chi connectivity index (χ0n) is 10.4. The minimum absolute atomic E-state index is 0.964. The van der Waals surface area contributed by atoms with E-state index in [-0.39, 0.29) is 0 Å². The lowest BCUT2D eigenvalue weighted by molar-refractivity contribution is 0.340. The topological polar surface area (TPSA) is 15.3 Å². The van der Waals surface area contributed by atoms with Crippen LogP contribution in [0.15, 0.2) is 45.6 Å². The molecule has 0 saturated heterocycles. The van der Waals surface area contributed by atoms with Crippen molar-refractivity contribution >= 4 is 33.0 Å². The van der Waals surface area contributed by atoms with Gasteiger partial charge in [0.1, 0.15) is 0 Å². The molecular formula is C14H17BrN2S. The molecular weight excluding hydrogens is 308 g/mol. The molecule has 0 fully saturated rings. The molecule has 96 valence electrons. The summed E-state index contributed by atoms with van der Waals surface area (Å²) >= 11 is 5.23. The average molecular weight is 325 g/mol. The lowest BCUT2D eigenvalue weighted by Crippen LogP contribution is -2.24. The van der Waals surface area contributed by atoms with Gasteiger partial charge in [-0.1, -0.05) is 18.2 Å². The van der Waals surface area contributed by atoms with Crippen molar-refractivity contribution < 1.29 is 0 Å². The SMILES string of the molecule is CN(CCNc1ccccc1)Cc1csc(Br)c1. The molecule has 0 spiro atoms. The van der Waals surface area contributed by atoms with E-state index >= 15 is 0 Å². The molecule has 1 aromatic carbocycles. The molecule has 0 amide bonds. The molecule has 0 saturated carbocycles. The maximum absolute atomic E-state index is 3.49. The van der Waals surface area contributed by atoms with Crippen molar-refractivity contribution in [2.45, 2.75) is 6.54 Å². The summed E-state index contributed by atoms with van der Waals surface area (Å²) in [5.74, 6) is 0. The Morgan fingerprint density at radius 3 is 2.72 bits per heavy atom. The summed E-state index contributed by atoms with van der Waals surface area (Å²) in [7, 11) is 2.15. The van der Waals surface area contributed by atoms with Crippen LogP contribution in [-0.4, -0.2) is 25.0 Å². The molecule has 0 aliphatic rings. The highest BCUT2D eigenvalue weighted by Gasteiger charge is 2.02. The minimum atomic E-state index is 0.964. The Morgan fingerprint density at radius 1 is 1.28 bits per heavy atom. The number of hydrogen-bond donors (Lipinski definition) is 1. The standard InChI is InChI=1S/C14H17BrN2S/c1-17(10-12-9-14(15)18-11-12)8-7-16-13-5-3-2-4-6-13/h2-6,9,11,16H,7-8,10H2,1H3. The molecule has 0 bridgehead atoms. The molecule has 2 aromatic rings. The second kappa shape index (κ2) is 6.92. The van der Waals surface area contributed by atoms with E-state index < -0.39 is 0 Å². The predicted molar refractivity (Wildman–Crippen MR) is 83.3 cm³/mol. The van der Waals surface area contributed by atoms with Crippen LogP contribution in [-0.2, 0) is 6.54 Å². The van der Waals surface area contributed by atoms with E-state index in [1.807, 2.05) is 6.07 Å². The number of nitrogens with zero attached hydrogens (tertiary/aromatic N) is 1. The Labute approximate surface area is 121 Å². The molecule has 1 aromatic heterocycles. The average Bonchev–Trinajstić information content (AvgIpc) is 2.76. The molecule has 0 atom stereocenters. The van der Waals surface area contributed by atoms with Crippen molar-refractivity contribution in [1.29, 1.82) is 0 Å². The van der Waals surface area contributed by atoms with Crippen molar-refractivity contribution in [3.63, 3.8) is 0 Å². The van der Waals surface area contributed by atoms with Crippen LogP contribution in [0, 0.1) is 0 Å². The van der Waals surface area contributed by atoms with Gasteiger partial charge in [0.05, 0.1) is 3.79 Å². The first-order valence-corrected chi connectivity index (χ1v) is 7.61. The van der Waals surface area contributed by atoms with Crippen LogP contribution in [0.3, 0.4) is 0 Å². The van der Waals surface area contributed by atoms with Crippen LogP contribution in [0.1, 0.15) is 5.56 Å². The second-order valence-corrected chi connectivity index (χ2v) is 6.58. The normalized spacial score (nSPS) is 10.8. The summed E-state index contributed by atoms with van der Waals surface area (Å²) in [6, 6.07) is 12.5. The third-order valence-corrected chi connectivity index (χ3v) is 4.22. The first-order chi connectivity index (χ1) is 8.74. The Balaban J connectivity index is 1.70. The molecule has 2 rings (SSSR count). The Kier molecular flexibility index (Phi) is 5.23. The first kappa shape index (κ1) is 13.6. The summed E-state index contributed by atoms with van der Waals surface area (Å²) in [6.07, 6.45) is 0. The van der Waals surface area contributed by atoms with E-state index in [1.54, 1.807) is 11.3 Å². The first-order valence-electron chi connectivity index (χ1n) is 5.94.